The lowest BCUT2D eigenvalue weighted by Crippen LogP contribution is -2.54. The molecule has 0 aromatic heterocycles. The molecule has 3 nitrogen and oxygen atoms in total. The molecular weight excluding hydrogens is 260 g/mol. The molecule has 1 aromatic carbocycles. The second-order valence-corrected chi connectivity index (χ2v) is 5.50. The molecule has 19 heavy (non-hydrogen) atoms. The summed E-state index contributed by atoms with van der Waals surface area (Å²) >= 11 is 0. The second kappa shape index (κ2) is 5.51. The molecule has 0 unspecified atom stereocenters. The molecule has 0 radical (unpaired) electrons. The van der Waals surface area contributed by atoms with Crippen LogP contribution in [0.2, 0.25) is 0 Å². The topological polar surface area (TPSA) is 32.3 Å². The van der Waals surface area contributed by atoms with Gasteiger partial charge < -0.3 is 10.2 Å². The van der Waals surface area contributed by atoms with Gasteiger partial charge in [-0.15, -0.1) is 12.4 Å². The molecular formula is C15H21ClN2O. The summed E-state index contributed by atoms with van der Waals surface area (Å²) in [6.45, 7) is 4.80. The third kappa shape index (κ3) is 2.49. The van der Waals surface area contributed by atoms with E-state index in [1.165, 1.54) is 5.56 Å². The van der Waals surface area contributed by atoms with Crippen molar-refractivity contribution < 1.29 is 4.79 Å². The van der Waals surface area contributed by atoms with Gasteiger partial charge in [0.05, 0.1) is 5.41 Å². The minimum Gasteiger partial charge on any atom is -0.337 e. The van der Waals surface area contributed by atoms with Gasteiger partial charge in [-0.05, 0) is 25.3 Å². The highest BCUT2D eigenvalue weighted by Gasteiger charge is 2.53. The second-order valence-electron chi connectivity index (χ2n) is 5.50. The molecule has 1 N–H and O–H groups in total. The number of hydrogen-bond donors (Lipinski definition) is 1. The number of carbonyl (C=O) groups excluding carboxylic acids is 1. The van der Waals surface area contributed by atoms with Crippen LogP contribution in [-0.4, -0.2) is 36.5 Å². The van der Waals surface area contributed by atoms with Crippen molar-refractivity contribution in [2.75, 3.05) is 19.6 Å². The summed E-state index contributed by atoms with van der Waals surface area (Å²) in [5.41, 5.74) is 0.994. The highest BCUT2D eigenvalue weighted by Crippen LogP contribution is 2.49. The molecule has 1 saturated carbocycles. The number of carbonyl (C=O) groups is 1. The molecule has 1 aliphatic heterocycles. The summed E-state index contributed by atoms with van der Waals surface area (Å²) in [6, 6.07) is 10.6. The summed E-state index contributed by atoms with van der Waals surface area (Å²) in [5.74, 6) is 0.336. The standard InChI is InChI=1S/C15H20N2O.ClH/c1-12-11-16-9-10-17(12)14(18)15(7-8-15)13-5-3-2-4-6-13;/h2-6,12,16H,7-11H2,1H3;1H/t12-;/m0./s1. The summed E-state index contributed by atoms with van der Waals surface area (Å²) in [4.78, 5) is 14.9. The third-order valence-electron chi connectivity index (χ3n) is 4.25. The van der Waals surface area contributed by atoms with E-state index in [1.54, 1.807) is 0 Å². The normalized spacial score (nSPS) is 24.5. The summed E-state index contributed by atoms with van der Waals surface area (Å²) in [7, 11) is 0. The van der Waals surface area contributed by atoms with Crippen molar-refractivity contribution in [1.82, 2.24) is 10.2 Å². The molecule has 1 aliphatic carbocycles. The molecule has 3 rings (SSSR count). The summed E-state index contributed by atoms with van der Waals surface area (Å²) in [6.07, 6.45) is 2.01. The van der Waals surface area contributed by atoms with E-state index in [2.05, 4.69) is 29.3 Å². The Bertz CT molecular complexity index is 445. The first-order valence-electron chi connectivity index (χ1n) is 6.81. The van der Waals surface area contributed by atoms with Crippen LogP contribution in [0.1, 0.15) is 25.3 Å². The Morgan fingerprint density at radius 1 is 1.32 bits per heavy atom. The zero-order valence-electron chi connectivity index (χ0n) is 11.3. The minimum atomic E-state index is -0.202. The lowest BCUT2D eigenvalue weighted by molar-refractivity contribution is -0.136. The number of piperazine rings is 1. The fraction of sp³-hybridized carbons (Fsp3) is 0.533. The van der Waals surface area contributed by atoms with Gasteiger partial charge in [-0.2, -0.15) is 0 Å². The van der Waals surface area contributed by atoms with Crippen LogP contribution in [0.15, 0.2) is 30.3 Å². The number of hydrogen-bond acceptors (Lipinski definition) is 2. The molecule has 1 heterocycles. The fourth-order valence-corrected chi connectivity index (χ4v) is 2.93. The van der Waals surface area contributed by atoms with Crippen molar-refractivity contribution in [1.29, 1.82) is 0 Å². The van der Waals surface area contributed by atoms with E-state index >= 15 is 0 Å². The van der Waals surface area contributed by atoms with Crippen molar-refractivity contribution in [3.05, 3.63) is 35.9 Å². The van der Waals surface area contributed by atoms with Gasteiger partial charge in [0.25, 0.3) is 0 Å². The number of nitrogens with zero attached hydrogens (tertiary/aromatic N) is 1. The lowest BCUT2D eigenvalue weighted by atomic mass is 9.93. The van der Waals surface area contributed by atoms with E-state index in [4.69, 9.17) is 0 Å². The maximum Gasteiger partial charge on any atom is 0.233 e. The first-order chi connectivity index (χ1) is 8.74. The maximum atomic E-state index is 12.8. The van der Waals surface area contributed by atoms with E-state index in [0.717, 1.165) is 32.5 Å². The van der Waals surface area contributed by atoms with Gasteiger partial charge in [0, 0.05) is 25.7 Å². The predicted octanol–water partition coefficient (Wildman–Crippen LogP) is 1.96. The Hall–Kier alpha value is -1.06. The first-order valence-corrected chi connectivity index (χ1v) is 6.81. The Labute approximate surface area is 120 Å². The zero-order chi connectivity index (χ0) is 12.6. The maximum absolute atomic E-state index is 12.8. The Balaban J connectivity index is 0.00000133. The largest absolute Gasteiger partial charge is 0.337 e. The van der Waals surface area contributed by atoms with Crippen molar-refractivity contribution in [2.24, 2.45) is 0 Å². The monoisotopic (exact) mass is 280 g/mol. The van der Waals surface area contributed by atoms with E-state index in [-0.39, 0.29) is 17.8 Å². The van der Waals surface area contributed by atoms with Crippen LogP contribution in [0.4, 0.5) is 0 Å². The van der Waals surface area contributed by atoms with E-state index < -0.39 is 0 Å². The molecule has 2 aliphatic rings. The van der Waals surface area contributed by atoms with E-state index in [1.807, 2.05) is 18.2 Å². The highest BCUT2D eigenvalue weighted by atomic mass is 35.5. The highest BCUT2D eigenvalue weighted by molar-refractivity contribution is 5.91. The van der Waals surface area contributed by atoms with Gasteiger partial charge in [0.15, 0.2) is 0 Å². The molecule has 1 atom stereocenters. The summed E-state index contributed by atoms with van der Waals surface area (Å²) in [5, 5.41) is 3.34. The fourth-order valence-electron chi connectivity index (χ4n) is 2.93. The van der Waals surface area contributed by atoms with Crippen molar-refractivity contribution in [2.45, 2.75) is 31.2 Å². The number of benzene rings is 1. The van der Waals surface area contributed by atoms with Crippen molar-refractivity contribution in [3.8, 4) is 0 Å². The Morgan fingerprint density at radius 3 is 2.58 bits per heavy atom. The molecule has 1 aromatic rings. The molecule has 0 bridgehead atoms. The molecule has 0 spiro atoms. The van der Waals surface area contributed by atoms with Gasteiger partial charge in [-0.1, -0.05) is 30.3 Å². The van der Waals surface area contributed by atoms with Crippen LogP contribution in [0.5, 0.6) is 0 Å². The van der Waals surface area contributed by atoms with E-state index in [9.17, 15) is 4.79 Å². The predicted molar refractivity (Wildman–Crippen MR) is 78.6 cm³/mol. The van der Waals surface area contributed by atoms with Crippen LogP contribution in [0.3, 0.4) is 0 Å². The van der Waals surface area contributed by atoms with E-state index in [0.29, 0.717) is 11.9 Å². The Kier molecular flexibility index (Phi) is 4.16. The van der Waals surface area contributed by atoms with Crippen LogP contribution < -0.4 is 5.32 Å². The van der Waals surface area contributed by atoms with Gasteiger partial charge in [-0.3, -0.25) is 4.79 Å². The number of rotatable bonds is 2. The molecule has 1 amide bonds. The van der Waals surface area contributed by atoms with Gasteiger partial charge >= 0.3 is 0 Å². The quantitative estimate of drug-likeness (QED) is 0.898. The Morgan fingerprint density at radius 2 is 2.00 bits per heavy atom. The van der Waals surface area contributed by atoms with Gasteiger partial charge in [0.2, 0.25) is 5.91 Å². The van der Waals surface area contributed by atoms with Gasteiger partial charge in [0.1, 0.15) is 0 Å². The molecule has 4 heteroatoms. The number of amides is 1. The lowest BCUT2D eigenvalue weighted by Gasteiger charge is -2.36. The van der Waals surface area contributed by atoms with Crippen LogP contribution in [-0.2, 0) is 10.2 Å². The zero-order valence-corrected chi connectivity index (χ0v) is 12.1. The van der Waals surface area contributed by atoms with Crippen LogP contribution in [0, 0.1) is 0 Å². The van der Waals surface area contributed by atoms with Crippen molar-refractivity contribution >= 4 is 18.3 Å². The third-order valence-corrected chi connectivity index (χ3v) is 4.25. The molecule has 2 fully saturated rings. The average molecular weight is 281 g/mol. The molecule has 1 saturated heterocycles. The first kappa shape index (κ1) is 14.4. The average Bonchev–Trinajstić information content (AvgIpc) is 3.21. The minimum absolute atomic E-state index is 0. The number of halogens is 1. The van der Waals surface area contributed by atoms with Gasteiger partial charge in [-0.25, -0.2) is 0 Å². The van der Waals surface area contributed by atoms with Crippen LogP contribution in [0.25, 0.3) is 0 Å². The SMILES string of the molecule is C[C@H]1CNCCN1C(=O)C1(c2ccccc2)CC1.Cl. The van der Waals surface area contributed by atoms with Crippen LogP contribution >= 0.6 is 12.4 Å². The smallest absolute Gasteiger partial charge is 0.233 e. The molecule has 104 valence electrons. The number of nitrogens with one attached hydrogen (secondary N) is 1. The van der Waals surface area contributed by atoms with Crippen molar-refractivity contribution in [3.63, 3.8) is 0 Å². The summed E-state index contributed by atoms with van der Waals surface area (Å²) < 4.78 is 0.